The van der Waals surface area contributed by atoms with E-state index in [2.05, 4.69) is 4.72 Å². The predicted octanol–water partition coefficient (Wildman–Crippen LogP) is 3.26. The van der Waals surface area contributed by atoms with Gasteiger partial charge in [-0.05, 0) is 37.5 Å². The van der Waals surface area contributed by atoms with Gasteiger partial charge in [-0.15, -0.1) is 0 Å². The average molecular weight is 389 g/mol. The summed E-state index contributed by atoms with van der Waals surface area (Å²) in [5.41, 5.74) is 3.13. The lowest BCUT2D eigenvalue weighted by molar-refractivity contribution is -0.133. The van der Waals surface area contributed by atoms with Gasteiger partial charge in [0, 0.05) is 13.6 Å². The zero-order valence-corrected chi connectivity index (χ0v) is 17.4. The van der Waals surface area contributed by atoms with Crippen LogP contribution in [0.2, 0.25) is 0 Å². The molecular weight excluding hydrogens is 360 g/mol. The molecule has 0 aromatic heterocycles. The van der Waals surface area contributed by atoms with E-state index in [4.69, 9.17) is 0 Å². The molecule has 2 aromatic rings. The van der Waals surface area contributed by atoms with E-state index < -0.39 is 16.1 Å². The van der Waals surface area contributed by atoms with Crippen LogP contribution in [0.4, 0.5) is 0 Å². The first-order chi connectivity index (χ1) is 12.6. The number of hydrogen-bond acceptors (Lipinski definition) is 3. The summed E-state index contributed by atoms with van der Waals surface area (Å²) >= 11 is 0. The third-order valence-electron chi connectivity index (χ3n) is 4.46. The molecule has 2 rings (SSSR count). The lowest BCUT2D eigenvalue weighted by Gasteiger charge is -2.27. The van der Waals surface area contributed by atoms with Crippen molar-refractivity contribution in [2.75, 3.05) is 7.05 Å². The number of rotatable bonds is 7. The van der Waals surface area contributed by atoms with Crippen LogP contribution in [0.3, 0.4) is 0 Å². The van der Waals surface area contributed by atoms with Crippen molar-refractivity contribution in [3.8, 4) is 0 Å². The van der Waals surface area contributed by atoms with E-state index in [1.165, 1.54) is 0 Å². The molecular formula is C21H28N2O3S. The highest BCUT2D eigenvalue weighted by atomic mass is 32.2. The molecule has 0 saturated carbocycles. The molecule has 0 saturated heterocycles. The van der Waals surface area contributed by atoms with Crippen LogP contribution in [0.15, 0.2) is 53.4 Å². The van der Waals surface area contributed by atoms with E-state index in [0.29, 0.717) is 6.54 Å². The Bertz CT molecular complexity index is 873. The van der Waals surface area contributed by atoms with Crippen LogP contribution in [0.25, 0.3) is 0 Å². The van der Waals surface area contributed by atoms with Gasteiger partial charge in [0.25, 0.3) is 0 Å². The van der Waals surface area contributed by atoms with Gasteiger partial charge in [-0.3, -0.25) is 4.79 Å². The van der Waals surface area contributed by atoms with Crippen molar-refractivity contribution in [1.82, 2.24) is 9.62 Å². The molecule has 2 aromatic carbocycles. The maximum atomic E-state index is 12.9. The van der Waals surface area contributed by atoms with Gasteiger partial charge in [-0.2, -0.15) is 4.72 Å². The molecule has 0 unspecified atom stereocenters. The summed E-state index contributed by atoms with van der Waals surface area (Å²) in [4.78, 5) is 14.6. The number of amides is 1. The molecule has 0 aliphatic heterocycles. The Morgan fingerprint density at radius 1 is 0.963 bits per heavy atom. The minimum atomic E-state index is -3.78. The summed E-state index contributed by atoms with van der Waals surface area (Å²) in [6, 6.07) is 13.7. The first-order valence-corrected chi connectivity index (χ1v) is 10.5. The van der Waals surface area contributed by atoms with Crippen LogP contribution in [-0.2, 0) is 21.4 Å². The number of sulfonamides is 1. The predicted molar refractivity (Wildman–Crippen MR) is 108 cm³/mol. The van der Waals surface area contributed by atoms with E-state index in [-0.39, 0.29) is 16.7 Å². The monoisotopic (exact) mass is 388 g/mol. The lowest BCUT2D eigenvalue weighted by Crippen LogP contribution is -2.49. The number of benzene rings is 2. The van der Waals surface area contributed by atoms with Gasteiger partial charge < -0.3 is 4.90 Å². The second-order valence-corrected chi connectivity index (χ2v) is 9.05. The number of hydrogen-bond donors (Lipinski definition) is 1. The Hall–Kier alpha value is -2.18. The van der Waals surface area contributed by atoms with E-state index in [1.807, 2.05) is 52.0 Å². The molecule has 27 heavy (non-hydrogen) atoms. The minimum absolute atomic E-state index is 0.160. The highest BCUT2D eigenvalue weighted by molar-refractivity contribution is 7.89. The molecule has 0 fully saturated rings. The number of carbonyl (C=O) groups is 1. The molecule has 1 amide bonds. The second kappa shape index (κ2) is 8.67. The summed E-state index contributed by atoms with van der Waals surface area (Å²) < 4.78 is 28.0. The summed E-state index contributed by atoms with van der Waals surface area (Å²) in [5.74, 6) is -0.431. The summed E-state index contributed by atoms with van der Waals surface area (Å²) in [6.07, 6.45) is 0. The van der Waals surface area contributed by atoms with Crippen LogP contribution < -0.4 is 4.72 Å². The van der Waals surface area contributed by atoms with Gasteiger partial charge >= 0.3 is 0 Å². The van der Waals surface area contributed by atoms with E-state index in [0.717, 1.165) is 16.7 Å². The number of nitrogens with zero attached hydrogens (tertiary/aromatic N) is 1. The van der Waals surface area contributed by atoms with Gasteiger partial charge in [-0.1, -0.05) is 61.4 Å². The molecule has 1 N–H and O–H groups in total. The third kappa shape index (κ3) is 5.65. The summed E-state index contributed by atoms with van der Waals surface area (Å²) in [7, 11) is -2.08. The Morgan fingerprint density at radius 2 is 1.44 bits per heavy atom. The van der Waals surface area contributed by atoms with Gasteiger partial charge in [0.1, 0.15) is 6.04 Å². The Labute approximate surface area is 162 Å². The smallest absolute Gasteiger partial charge is 0.241 e. The molecule has 5 nitrogen and oxygen atoms in total. The standard InChI is InChI=1S/C21H28N2O3S/c1-15(2)20(22-27(25,26)19-12-8-17(4)9-13-19)21(24)23(5)14-18-10-6-16(3)7-11-18/h6-13,15,20,22H,14H2,1-5H3/t20-/m0/s1. The Morgan fingerprint density at radius 3 is 1.93 bits per heavy atom. The van der Waals surface area contributed by atoms with Crippen molar-refractivity contribution in [1.29, 1.82) is 0 Å². The number of carbonyl (C=O) groups excluding carboxylic acids is 1. The number of nitrogens with one attached hydrogen (secondary N) is 1. The molecule has 0 radical (unpaired) electrons. The molecule has 1 atom stereocenters. The van der Waals surface area contributed by atoms with Crippen molar-refractivity contribution < 1.29 is 13.2 Å². The molecule has 0 bridgehead atoms. The van der Waals surface area contributed by atoms with Crippen LogP contribution in [0.1, 0.15) is 30.5 Å². The summed E-state index contributed by atoms with van der Waals surface area (Å²) in [5, 5.41) is 0. The van der Waals surface area contributed by atoms with Gasteiger partial charge in [-0.25, -0.2) is 8.42 Å². The first-order valence-electron chi connectivity index (χ1n) is 8.99. The second-order valence-electron chi connectivity index (χ2n) is 7.34. The minimum Gasteiger partial charge on any atom is -0.340 e. The molecule has 146 valence electrons. The maximum absolute atomic E-state index is 12.9. The van der Waals surface area contributed by atoms with Crippen molar-refractivity contribution in [2.45, 2.75) is 45.2 Å². The van der Waals surface area contributed by atoms with E-state index >= 15 is 0 Å². The molecule has 0 aliphatic rings. The van der Waals surface area contributed by atoms with E-state index in [1.54, 1.807) is 36.2 Å². The molecule has 0 spiro atoms. The highest BCUT2D eigenvalue weighted by Gasteiger charge is 2.30. The van der Waals surface area contributed by atoms with Crippen molar-refractivity contribution >= 4 is 15.9 Å². The fourth-order valence-corrected chi connectivity index (χ4v) is 4.04. The Kier molecular flexibility index (Phi) is 6.78. The van der Waals surface area contributed by atoms with E-state index in [9.17, 15) is 13.2 Å². The quantitative estimate of drug-likeness (QED) is 0.792. The third-order valence-corrected chi connectivity index (χ3v) is 5.92. The van der Waals surface area contributed by atoms with Crippen LogP contribution in [-0.4, -0.2) is 32.3 Å². The molecule has 6 heteroatoms. The van der Waals surface area contributed by atoms with Crippen LogP contribution in [0.5, 0.6) is 0 Å². The molecule has 0 aliphatic carbocycles. The van der Waals surface area contributed by atoms with Crippen LogP contribution in [0, 0.1) is 19.8 Å². The zero-order valence-electron chi connectivity index (χ0n) is 16.6. The number of aryl methyl sites for hydroxylation is 2. The average Bonchev–Trinajstić information content (AvgIpc) is 2.61. The zero-order chi connectivity index (χ0) is 20.2. The van der Waals surface area contributed by atoms with Crippen molar-refractivity contribution in [3.63, 3.8) is 0 Å². The topological polar surface area (TPSA) is 66.5 Å². The highest BCUT2D eigenvalue weighted by Crippen LogP contribution is 2.15. The van der Waals surface area contributed by atoms with Crippen molar-refractivity contribution in [2.24, 2.45) is 5.92 Å². The SMILES string of the molecule is Cc1ccc(CN(C)C(=O)[C@@H](NS(=O)(=O)c2ccc(C)cc2)C(C)C)cc1. The fourth-order valence-electron chi connectivity index (χ4n) is 2.71. The van der Waals surface area contributed by atoms with Crippen LogP contribution >= 0.6 is 0 Å². The maximum Gasteiger partial charge on any atom is 0.241 e. The normalized spacial score (nSPS) is 12.8. The number of likely N-dealkylation sites (N-methyl/N-ethyl adjacent to an activating group) is 1. The molecule has 0 heterocycles. The van der Waals surface area contributed by atoms with Crippen molar-refractivity contribution in [3.05, 3.63) is 65.2 Å². The first kappa shape index (κ1) is 21.1. The lowest BCUT2D eigenvalue weighted by atomic mass is 10.0. The van der Waals surface area contributed by atoms with Gasteiger partial charge in [0.2, 0.25) is 15.9 Å². The summed E-state index contributed by atoms with van der Waals surface area (Å²) in [6.45, 7) is 7.99. The fraction of sp³-hybridized carbons (Fsp3) is 0.381. The van der Waals surface area contributed by atoms with Gasteiger partial charge in [0.05, 0.1) is 4.90 Å². The van der Waals surface area contributed by atoms with Gasteiger partial charge in [0.15, 0.2) is 0 Å². The Balaban J connectivity index is 2.16. The largest absolute Gasteiger partial charge is 0.340 e.